The van der Waals surface area contributed by atoms with Crippen LogP contribution in [0.2, 0.25) is 0 Å². The molecule has 1 saturated heterocycles. The summed E-state index contributed by atoms with van der Waals surface area (Å²) in [6.07, 6.45) is 1.86. The van der Waals surface area contributed by atoms with Gasteiger partial charge in [0.1, 0.15) is 0 Å². The van der Waals surface area contributed by atoms with Gasteiger partial charge in [0.2, 0.25) is 17.7 Å². The molecule has 3 N–H and O–H groups in total. The van der Waals surface area contributed by atoms with Crippen LogP contribution in [-0.4, -0.2) is 35.7 Å². The van der Waals surface area contributed by atoms with E-state index >= 15 is 0 Å². The van der Waals surface area contributed by atoms with Crippen LogP contribution in [0, 0.1) is 12.8 Å². The second kappa shape index (κ2) is 8.69. The lowest BCUT2D eigenvalue weighted by Crippen LogP contribution is -2.44. The Morgan fingerprint density at radius 1 is 1.11 bits per heavy atom. The molecule has 2 aromatic rings. The summed E-state index contributed by atoms with van der Waals surface area (Å²) < 4.78 is 0. The zero-order valence-corrected chi connectivity index (χ0v) is 16.0. The van der Waals surface area contributed by atoms with Crippen molar-refractivity contribution in [1.29, 1.82) is 0 Å². The van der Waals surface area contributed by atoms with Crippen molar-refractivity contribution in [2.24, 2.45) is 11.7 Å². The van der Waals surface area contributed by atoms with Gasteiger partial charge in [0, 0.05) is 24.3 Å². The van der Waals surface area contributed by atoms with Gasteiger partial charge in [-0.3, -0.25) is 14.4 Å². The van der Waals surface area contributed by atoms with Gasteiger partial charge in [-0.15, -0.1) is 0 Å². The summed E-state index contributed by atoms with van der Waals surface area (Å²) in [7, 11) is 0. The van der Waals surface area contributed by atoms with E-state index in [1.54, 1.807) is 30.0 Å². The first-order chi connectivity index (χ1) is 13.5. The van der Waals surface area contributed by atoms with Crippen LogP contribution in [0.4, 0.5) is 5.69 Å². The minimum absolute atomic E-state index is 0.0376. The molecule has 1 fully saturated rings. The van der Waals surface area contributed by atoms with Crippen LogP contribution >= 0.6 is 0 Å². The number of nitrogens with zero attached hydrogens (tertiary/aromatic N) is 1. The Morgan fingerprint density at radius 2 is 1.86 bits per heavy atom. The van der Waals surface area contributed by atoms with Crippen molar-refractivity contribution in [3.8, 4) is 0 Å². The summed E-state index contributed by atoms with van der Waals surface area (Å²) in [4.78, 5) is 38.6. The second-order valence-electron chi connectivity index (χ2n) is 7.17. The van der Waals surface area contributed by atoms with Crippen LogP contribution in [0.5, 0.6) is 0 Å². The van der Waals surface area contributed by atoms with Gasteiger partial charge < -0.3 is 16.0 Å². The molecule has 0 bridgehead atoms. The summed E-state index contributed by atoms with van der Waals surface area (Å²) in [5.74, 6) is -0.897. The maximum Gasteiger partial charge on any atom is 0.249 e. The minimum Gasteiger partial charge on any atom is -0.366 e. The number of hydrogen-bond acceptors (Lipinski definition) is 3. The van der Waals surface area contributed by atoms with E-state index in [4.69, 9.17) is 5.73 Å². The molecule has 1 unspecified atom stereocenters. The van der Waals surface area contributed by atoms with E-state index in [1.165, 1.54) is 0 Å². The number of carbonyl (C=O) groups excluding carboxylic acids is 3. The predicted molar refractivity (Wildman–Crippen MR) is 108 cm³/mol. The number of hydrogen-bond donors (Lipinski definition) is 2. The number of nitrogens with one attached hydrogen (secondary N) is 1. The monoisotopic (exact) mass is 379 g/mol. The molecule has 0 spiro atoms. The number of rotatable bonds is 5. The van der Waals surface area contributed by atoms with Gasteiger partial charge in [0.05, 0.1) is 12.3 Å². The van der Waals surface area contributed by atoms with E-state index < -0.39 is 5.91 Å². The highest BCUT2D eigenvalue weighted by Crippen LogP contribution is 2.23. The summed E-state index contributed by atoms with van der Waals surface area (Å²) in [6, 6.07) is 14.7. The zero-order valence-electron chi connectivity index (χ0n) is 16.0. The number of likely N-dealkylation sites (tertiary alicyclic amines) is 1. The van der Waals surface area contributed by atoms with Crippen molar-refractivity contribution in [3.05, 3.63) is 65.2 Å². The summed E-state index contributed by atoms with van der Waals surface area (Å²) in [5, 5.41) is 2.90. The first kappa shape index (κ1) is 19.6. The van der Waals surface area contributed by atoms with Crippen molar-refractivity contribution >= 4 is 23.4 Å². The summed E-state index contributed by atoms with van der Waals surface area (Å²) in [5.41, 5.74) is 7.96. The zero-order chi connectivity index (χ0) is 20.1. The van der Waals surface area contributed by atoms with E-state index in [0.717, 1.165) is 18.4 Å². The first-order valence-electron chi connectivity index (χ1n) is 9.47. The number of benzene rings is 2. The lowest BCUT2D eigenvalue weighted by atomic mass is 9.96. The number of anilines is 1. The van der Waals surface area contributed by atoms with Gasteiger partial charge in [0.25, 0.3) is 0 Å². The smallest absolute Gasteiger partial charge is 0.249 e. The number of amides is 3. The van der Waals surface area contributed by atoms with Crippen molar-refractivity contribution < 1.29 is 14.4 Å². The van der Waals surface area contributed by atoms with E-state index in [0.29, 0.717) is 36.3 Å². The average molecular weight is 379 g/mol. The fourth-order valence-corrected chi connectivity index (χ4v) is 3.57. The molecule has 146 valence electrons. The molecule has 28 heavy (non-hydrogen) atoms. The van der Waals surface area contributed by atoms with Crippen LogP contribution < -0.4 is 11.1 Å². The molecule has 3 amide bonds. The highest BCUT2D eigenvalue weighted by molar-refractivity contribution is 5.99. The highest BCUT2D eigenvalue weighted by Gasteiger charge is 2.28. The Kier molecular flexibility index (Phi) is 6.09. The molecule has 0 saturated carbocycles. The summed E-state index contributed by atoms with van der Waals surface area (Å²) in [6.45, 7) is 2.84. The normalized spacial score (nSPS) is 16.5. The quantitative estimate of drug-likeness (QED) is 0.836. The van der Waals surface area contributed by atoms with Crippen molar-refractivity contribution in [2.45, 2.75) is 26.2 Å². The van der Waals surface area contributed by atoms with Crippen LogP contribution in [0.3, 0.4) is 0 Å². The van der Waals surface area contributed by atoms with Gasteiger partial charge in [-0.25, -0.2) is 0 Å². The topological polar surface area (TPSA) is 92.5 Å². The van der Waals surface area contributed by atoms with Crippen LogP contribution in [0.1, 0.15) is 34.3 Å². The number of primary amides is 1. The Hall–Kier alpha value is -3.15. The maximum absolute atomic E-state index is 12.8. The van der Waals surface area contributed by atoms with E-state index in [-0.39, 0.29) is 17.7 Å². The Bertz CT molecular complexity index is 880. The van der Waals surface area contributed by atoms with E-state index in [9.17, 15) is 14.4 Å². The van der Waals surface area contributed by atoms with Gasteiger partial charge in [-0.2, -0.15) is 0 Å². The molecular weight excluding hydrogens is 354 g/mol. The molecule has 1 heterocycles. The lowest BCUT2D eigenvalue weighted by Gasteiger charge is -2.32. The standard InChI is InChI=1S/C22H25N3O3/c1-15-18(21(23)27)10-5-11-19(15)24-22(28)17-9-6-12-25(14-17)20(26)13-16-7-3-2-4-8-16/h2-5,7-8,10-11,17H,6,9,12-14H2,1H3,(H2,23,27)(H,24,28). The van der Waals surface area contributed by atoms with Crippen LogP contribution in [-0.2, 0) is 16.0 Å². The maximum atomic E-state index is 12.8. The van der Waals surface area contributed by atoms with Crippen molar-refractivity contribution in [1.82, 2.24) is 4.90 Å². The lowest BCUT2D eigenvalue weighted by molar-refractivity contribution is -0.133. The molecular formula is C22H25N3O3. The van der Waals surface area contributed by atoms with Crippen LogP contribution in [0.15, 0.2) is 48.5 Å². The third kappa shape index (κ3) is 4.57. The largest absolute Gasteiger partial charge is 0.366 e. The highest BCUT2D eigenvalue weighted by atomic mass is 16.2. The van der Waals surface area contributed by atoms with Crippen molar-refractivity contribution in [2.75, 3.05) is 18.4 Å². The average Bonchev–Trinajstić information content (AvgIpc) is 2.70. The van der Waals surface area contributed by atoms with E-state index in [1.807, 2.05) is 30.3 Å². The van der Waals surface area contributed by atoms with E-state index in [2.05, 4.69) is 5.32 Å². The molecule has 6 heteroatoms. The molecule has 6 nitrogen and oxygen atoms in total. The molecule has 1 aliphatic heterocycles. The SMILES string of the molecule is Cc1c(NC(=O)C2CCCN(C(=O)Cc3ccccc3)C2)cccc1C(N)=O. The van der Waals surface area contributed by atoms with Crippen LogP contribution in [0.25, 0.3) is 0 Å². The van der Waals surface area contributed by atoms with Gasteiger partial charge in [-0.1, -0.05) is 36.4 Å². The molecule has 1 aliphatic rings. The number of carbonyl (C=O) groups is 3. The molecule has 0 aromatic heterocycles. The minimum atomic E-state index is -0.524. The van der Waals surface area contributed by atoms with Gasteiger partial charge >= 0.3 is 0 Å². The first-order valence-corrected chi connectivity index (χ1v) is 9.47. The fraction of sp³-hybridized carbons (Fsp3) is 0.318. The van der Waals surface area contributed by atoms with Gasteiger partial charge in [0.15, 0.2) is 0 Å². The molecule has 0 aliphatic carbocycles. The van der Waals surface area contributed by atoms with Gasteiger partial charge in [-0.05, 0) is 43.0 Å². The Labute approximate surface area is 164 Å². The molecule has 0 radical (unpaired) electrons. The third-order valence-corrected chi connectivity index (χ3v) is 5.20. The summed E-state index contributed by atoms with van der Waals surface area (Å²) >= 11 is 0. The third-order valence-electron chi connectivity index (χ3n) is 5.20. The Morgan fingerprint density at radius 3 is 2.57 bits per heavy atom. The van der Waals surface area contributed by atoms with Crippen molar-refractivity contribution in [3.63, 3.8) is 0 Å². The second-order valence-corrected chi connectivity index (χ2v) is 7.17. The predicted octanol–water partition coefficient (Wildman–Crippen LogP) is 2.51. The number of nitrogens with two attached hydrogens (primary N) is 1. The Balaban J connectivity index is 1.64. The number of piperidine rings is 1. The molecule has 3 rings (SSSR count). The molecule has 1 atom stereocenters. The fourth-order valence-electron chi connectivity index (χ4n) is 3.57. The molecule has 2 aromatic carbocycles.